The van der Waals surface area contributed by atoms with Crippen molar-refractivity contribution in [1.29, 1.82) is 0 Å². The Morgan fingerprint density at radius 3 is 2.61 bits per heavy atom. The molecule has 0 aromatic heterocycles. The fourth-order valence-electron chi connectivity index (χ4n) is 3.93. The van der Waals surface area contributed by atoms with Crippen LogP contribution in [0.3, 0.4) is 0 Å². The third kappa shape index (κ3) is 3.25. The Labute approximate surface area is 111 Å². The first-order valence-electron chi connectivity index (χ1n) is 7.96. The summed E-state index contributed by atoms with van der Waals surface area (Å²) in [5, 5.41) is 3.53. The Balaban J connectivity index is 1.39. The van der Waals surface area contributed by atoms with Crippen molar-refractivity contribution < 1.29 is 4.74 Å². The van der Waals surface area contributed by atoms with Crippen LogP contribution in [0.2, 0.25) is 0 Å². The standard InChI is InChI=1S/C15H28N2O/c1-3-13(11-16-7-1)12-17-8-5-14(6-9-17)15-4-2-10-18-15/h13-16H,1-12H2. The molecule has 0 aliphatic carbocycles. The minimum atomic E-state index is 0.600. The first-order chi connectivity index (χ1) is 8.92. The molecule has 0 saturated carbocycles. The van der Waals surface area contributed by atoms with E-state index in [0.717, 1.165) is 18.4 Å². The molecule has 3 aliphatic heterocycles. The van der Waals surface area contributed by atoms with Crippen molar-refractivity contribution in [3.63, 3.8) is 0 Å². The summed E-state index contributed by atoms with van der Waals surface area (Å²) in [6, 6.07) is 0. The summed E-state index contributed by atoms with van der Waals surface area (Å²) in [6.07, 6.45) is 8.74. The topological polar surface area (TPSA) is 24.5 Å². The maximum absolute atomic E-state index is 5.85. The van der Waals surface area contributed by atoms with Gasteiger partial charge >= 0.3 is 0 Å². The van der Waals surface area contributed by atoms with Crippen molar-refractivity contribution in [2.75, 3.05) is 39.3 Å². The van der Waals surface area contributed by atoms with Crippen molar-refractivity contribution in [3.8, 4) is 0 Å². The number of hydrogen-bond acceptors (Lipinski definition) is 3. The SMILES string of the molecule is C1CNCC(CN2CCC(C3CCCO3)CC2)C1. The summed E-state index contributed by atoms with van der Waals surface area (Å²) < 4.78 is 5.85. The molecule has 1 N–H and O–H groups in total. The second-order valence-corrected chi connectivity index (χ2v) is 6.40. The molecule has 3 fully saturated rings. The average molecular weight is 252 g/mol. The van der Waals surface area contributed by atoms with E-state index in [0.29, 0.717) is 6.10 Å². The maximum atomic E-state index is 5.85. The molecule has 0 spiro atoms. The summed E-state index contributed by atoms with van der Waals surface area (Å²) in [7, 11) is 0. The molecule has 3 aliphatic rings. The molecule has 0 aromatic carbocycles. The lowest BCUT2D eigenvalue weighted by Gasteiger charge is -2.37. The minimum Gasteiger partial charge on any atom is -0.378 e. The van der Waals surface area contributed by atoms with Crippen molar-refractivity contribution in [2.24, 2.45) is 11.8 Å². The van der Waals surface area contributed by atoms with E-state index in [9.17, 15) is 0 Å². The third-order valence-corrected chi connectivity index (χ3v) is 5.04. The van der Waals surface area contributed by atoms with Crippen molar-refractivity contribution >= 4 is 0 Å². The number of nitrogens with one attached hydrogen (secondary N) is 1. The maximum Gasteiger partial charge on any atom is 0.0605 e. The first-order valence-corrected chi connectivity index (χ1v) is 7.96. The van der Waals surface area contributed by atoms with E-state index < -0.39 is 0 Å². The van der Waals surface area contributed by atoms with Crippen LogP contribution in [0, 0.1) is 11.8 Å². The molecule has 0 aromatic rings. The van der Waals surface area contributed by atoms with Gasteiger partial charge in [0, 0.05) is 13.2 Å². The lowest BCUT2D eigenvalue weighted by Crippen LogP contribution is -2.43. The summed E-state index contributed by atoms with van der Waals surface area (Å²) in [6.45, 7) is 7.43. The molecule has 3 saturated heterocycles. The predicted molar refractivity (Wildman–Crippen MR) is 73.7 cm³/mol. The Kier molecular flexibility index (Phi) is 4.55. The Morgan fingerprint density at radius 2 is 1.94 bits per heavy atom. The van der Waals surface area contributed by atoms with Crippen LogP contribution in [0.15, 0.2) is 0 Å². The summed E-state index contributed by atoms with van der Waals surface area (Å²) in [5.74, 6) is 1.76. The number of rotatable bonds is 3. The minimum absolute atomic E-state index is 0.600. The van der Waals surface area contributed by atoms with Gasteiger partial charge in [-0.3, -0.25) is 0 Å². The molecule has 0 radical (unpaired) electrons. The highest BCUT2D eigenvalue weighted by Crippen LogP contribution is 2.29. The number of piperidine rings is 2. The fraction of sp³-hybridized carbons (Fsp3) is 1.00. The highest BCUT2D eigenvalue weighted by Gasteiger charge is 2.30. The summed E-state index contributed by atoms with van der Waals surface area (Å²) in [5.41, 5.74) is 0. The zero-order valence-corrected chi connectivity index (χ0v) is 11.6. The third-order valence-electron chi connectivity index (χ3n) is 5.04. The molecular formula is C15H28N2O. The molecule has 18 heavy (non-hydrogen) atoms. The van der Waals surface area contributed by atoms with Crippen molar-refractivity contribution in [3.05, 3.63) is 0 Å². The van der Waals surface area contributed by atoms with E-state index >= 15 is 0 Å². The van der Waals surface area contributed by atoms with Gasteiger partial charge in [-0.2, -0.15) is 0 Å². The van der Waals surface area contributed by atoms with Gasteiger partial charge in [-0.1, -0.05) is 0 Å². The van der Waals surface area contributed by atoms with Crippen molar-refractivity contribution in [1.82, 2.24) is 10.2 Å². The van der Waals surface area contributed by atoms with Crippen LogP contribution in [0.5, 0.6) is 0 Å². The highest BCUT2D eigenvalue weighted by atomic mass is 16.5. The van der Waals surface area contributed by atoms with Crippen LogP contribution >= 0.6 is 0 Å². The molecule has 0 bridgehead atoms. The molecular weight excluding hydrogens is 224 g/mol. The zero-order valence-electron chi connectivity index (χ0n) is 11.6. The Morgan fingerprint density at radius 1 is 1.06 bits per heavy atom. The van der Waals surface area contributed by atoms with Gasteiger partial charge in [-0.15, -0.1) is 0 Å². The normalized spacial score (nSPS) is 36.0. The lowest BCUT2D eigenvalue weighted by molar-refractivity contribution is 0.0284. The van der Waals surface area contributed by atoms with Crippen LogP contribution in [0.25, 0.3) is 0 Å². The van der Waals surface area contributed by atoms with Crippen LogP contribution in [0.4, 0.5) is 0 Å². The molecule has 0 amide bonds. The van der Waals surface area contributed by atoms with Gasteiger partial charge in [0.25, 0.3) is 0 Å². The summed E-state index contributed by atoms with van der Waals surface area (Å²) >= 11 is 0. The number of ether oxygens (including phenoxy) is 1. The average Bonchev–Trinajstić information content (AvgIpc) is 2.95. The molecule has 3 heterocycles. The van der Waals surface area contributed by atoms with E-state index in [1.54, 1.807) is 0 Å². The lowest BCUT2D eigenvalue weighted by atomic mass is 9.89. The Hall–Kier alpha value is -0.120. The van der Waals surface area contributed by atoms with Crippen LogP contribution in [0.1, 0.15) is 38.5 Å². The molecule has 3 heteroatoms. The van der Waals surface area contributed by atoms with Gasteiger partial charge in [-0.05, 0) is 76.5 Å². The van der Waals surface area contributed by atoms with Gasteiger partial charge in [0.1, 0.15) is 0 Å². The Bertz CT molecular complexity index is 239. The van der Waals surface area contributed by atoms with E-state index in [4.69, 9.17) is 4.74 Å². The van der Waals surface area contributed by atoms with Gasteiger partial charge < -0.3 is 15.0 Å². The van der Waals surface area contributed by atoms with E-state index in [1.165, 1.54) is 71.2 Å². The molecule has 104 valence electrons. The fourth-order valence-corrected chi connectivity index (χ4v) is 3.93. The van der Waals surface area contributed by atoms with Gasteiger partial charge in [0.05, 0.1) is 6.10 Å². The largest absolute Gasteiger partial charge is 0.378 e. The quantitative estimate of drug-likeness (QED) is 0.830. The number of hydrogen-bond donors (Lipinski definition) is 1. The molecule has 3 rings (SSSR count). The molecule has 3 nitrogen and oxygen atoms in total. The number of nitrogens with zero attached hydrogens (tertiary/aromatic N) is 1. The van der Waals surface area contributed by atoms with Gasteiger partial charge in [-0.25, -0.2) is 0 Å². The van der Waals surface area contributed by atoms with E-state index in [1.807, 2.05) is 0 Å². The molecule has 2 atom stereocenters. The van der Waals surface area contributed by atoms with E-state index in [2.05, 4.69) is 10.2 Å². The van der Waals surface area contributed by atoms with Gasteiger partial charge in [0.2, 0.25) is 0 Å². The van der Waals surface area contributed by atoms with Crippen LogP contribution < -0.4 is 5.32 Å². The highest BCUT2D eigenvalue weighted by molar-refractivity contribution is 4.82. The van der Waals surface area contributed by atoms with E-state index in [-0.39, 0.29) is 0 Å². The first kappa shape index (κ1) is 12.9. The second-order valence-electron chi connectivity index (χ2n) is 6.40. The van der Waals surface area contributed by atoms with Crippen molar-refractivity contribution in [2.45, 2.75) is 44.6 Å². The predicted octanol–water partition coefficient (Wildman–Crippen LogP) is 1.88. The molecule has 2 unspecified atom stereocenters. The van der Waals surface area contributed by atoms with Crippen LogP contribution in [-0.4, -0.2) is 50.3 Å². The smallest absolute Gasteiger partial charge is 0.0605 e. The van der Waals surface area contributed by atoms with Gasteiger partial charge in [0.15, 0.2) is 0 Å². The number of likely N-dealkylation sites (tertiary alicyclic amines) is 1. The summed E-state index contributed by atoms with van der Waals surface area (Å²) in [4.78, 5) is 2.70. The zero-order chi connectivity index (χ0) is 12.2. The second kappa shape index (κ2) is 6.36. The van der Waals surface area contributed by atoms with Crippen LogP contribution in [-0.2, 0) is 4.74 Å². The monoisotopic (exact) mass is 252 g/mol.